The Morgan fingerprint density at radius 2 is 1.87 bits per heavy atom. The Labute approximate surface area is 175 Å². The number of nitrogens with zero attached hydrogens (tertiary/aromatic N) is 2. The van der Waals surface area contributed by atoms with E-state index in [1.807, 2.05) is 42.5 Å². The number of hydrogen-bond acceptors (Lipinski definition) is 5. The number of carbonyl (C=O) groups is 1. The van der Waals surface area contributed by atoms with Crippen molar-refractivity contribution in [2.75, 3.05) is 6.54 Å². The molecule has 1 fully saturated rings. The molecular formula is C22H22N4O3S. The average molecular weight is 423 g/mol. The van der Waals surface area contributed by atoms with Crippen molar-refractivity contribution in [3.63, 3.8) is 0 Å². The minimum Gasteiger partial charge on any atom is -0.337 e. The lowest BCUT2D eigenvalue weighted by Gasteiger charge is -2.18. The van der Waals surface area contributed by atoms with Crippen LogP contribution in [0.25, 0.3) is 10.8 Å². The molecule has 30 heavy (non-hydrogen) atoms. The van der Waals surface area contributed by atoms with Crippen molar-refractivity contribution < 1.29 is 13.2 Å². The third kappa shape index (κ3) is 4.05. The van der Waals surface area contributed by atoms with Crippen LogP contribution < -0.4 is 10.6 Å². The summed E-state index contributed by atoms with van der Waals surface area (Å²) in [7, 11) is -3.84. The summed E-state index contributed by atoms with van der Waals surface area (Å²) < 4.78 is 28.6. The van der Waals surface area contributed by atoms with Gasteiger partial charge in [0, 0.05) is 18.5 Å². The molecule has 4 rings (SSSR count). The molecule has 8 heteroatoms. The van der Waals surface area contributed by atoms with E-state index in [0.717, 1.165) is 16.5 Å². The van der Waals surface area contributed by atoms with Gasteiger partial charge in [-0.05, 0) is 35.1 Å². The second-order valence-corrected chi connectivity index (χ2v) is 8.91. The summed E-state index contributed by atoms with van der Waals surface area (Å²) in [6.07, 6.45) is 1.96. The molecule has 1 atom stereocenters. The highest BCUT2D eigenvalue weighted by atomic mass is 32.2. The summed E-state index contributed by atoms with van der Waals surface area (Å²) in [4.78, 5) is 14.7. The van der Waals surface area contributed by atoms with E-state index in [2.05, 4.69) is 9.82 Å². The van der Waals surface area contributed by atoms with E-state index in [1.54, 1.807) is 29.2 Å². The highest BCUT2D eigenvalue weighted by Gasteiger charge is 2.35. The highest BCUT2D eigenvalue weighted by molar-refractivity contribution is 7.89. The minimum atomic E-state index is -3.84. The number of hydrazone groups is 1. The van der Waals surface area contributed by atoms with Gasteiger partial charge in [0.15, 0.2) is 0 Å². The first kappa shape index (κ1) is 20.1. The first-order valence-corrected chi connectivity index (χ1v) is 11.1. The number of likely N-dealkylation sites (tertiary alicyclic amines) is 1. The maximum atomic E-state index is 13.0. The number of nitrogens with one attached hydrogen (secondary N) is 1. The van der Waals surface area contributed by atoms with Crippen molar-refractivity contribution >= 4 is 32.9 Å². The van der Waals surface area contributed by atoms with Crippen molar-refractivity contribution in [1.29, 1.82) is 0 Å². The standard InChI is InChI=1S/C22H22N4O3S/c23-24-14-16-5-3-6-17(13-16)15-26-12-11-20(22(26)27)25-30(28,29)21-10-4-8-18-7-1-2-9-19(18)21/h1-10,13-14,20,25H,11-12,15,23H2/t20-/m0/s1. The summed E-state index contributed by atoms with van der Waals surface area (Å²) >= 11 is 0. The molecular weight excluding hydrogens is 400 g/mol. The molecule has 3 aromatic carbocycles. The molecule has 0 aliphatic carbocycles. The summed E-state index contributed by atoms with van der Waals surface area (Å²) in [5, 5.41) is 4.98. The molecule has 0 unspecified atom stereocenters. The van der Waals surface area contributed by atoms with Crippen molar-refractivity contribution in [2.24, 2.45) is 10.9 Å². The maximum absolute atomic E-state index is 13.0. The average Bonchev–Trinajstić information content (AvgIpc) is 3.07. The Morgan fingerprint density at radius 3 is 2.70 bits per heavy atom. The van der Waals surface area contributed by atoms with E-state index in [-0.39, 0.29) is 10.8 Å². The zero-order valence-electron chi connectivity index (χ0n) is 16.2. The molecule has 1 aliphatic rings. The number of fused-ring (bicyclic) bond motifs is 1. The van der Waals surface area contributed by atoms with Crippen LogP contribution in [0.5, 0.6) is 0 Å². The quantitative estimate of drug-likeness (QED) is 0.361. The molecule has 7 nitrogen and oxygen atoms in total. The zero-order chi connectivity index (χ0) is 21.1. The van der Waals surface area contributed by atoms with Gasteiger partial charge in [0.2, 0.25) is 15.9 Å². The molecule has 1 heterocycles. The number of amides is 1. The normalized spacial score (nSPS) is 17.3. The van der Waals surface area contributed by atoms with Crippen LogP contribution in [0, 0.1) is 0 Å². The lowest BCUT2D eigenvalue weighted by Crippen LogP contribution is -2.41. The van der Waals surface area contributed by atoms with Gasteiger partial charge in [0.25, 0.3) is 0 Å². The van der Waals surface area contributed by atoms with Gasteiger partial charge in [-0.15, -0.1) is 0 Å². The van der Waals surface area contributed by atoms with Gasteiger partial charge in [-0.3, -0.25) is 4.79 Å². The van der Waals surface area contributed by atoms with Gasteiger partial charge in [-0.2, -0.15) is 9.82 Å². The van der Waals surface area contributed by atoms with Crippen LogP contribution in [0.2, 0.25) is 0 Å². The molecule has 1 saturated heterocycles. The van der Waals surface area contributed by atoms with E-state index in [9.17, 15) is 13.2 Å². The number of rotatable bonds is 6. The van der Waals surface area contributed by atoms with Crippen LogP contribution >= 0.6 is 0 Å². The van der Waals surface area contributed by atoms with Crippen LogP contribution in [0.3, 0.4) is 0 Å². The van der Waals surface area contributed by atoms with Crippen molar-refractivity contribution in [2.45, 2.75) is 23.9 Å². The Bertz CT molecular complexity index is 1220. The minimum absolute atomic E-state index is 0.181. The predicted octanol–water partition coefficient (Wildman–Crippen LogP) is 2.21. The van der Waals surface area contributed by atoms with E-state index in [0.29, 0.717) is 24.9 Å². The van der Waals surface area contributed by atoms with Gasteiger partial charge in [-0.25, -0.2) is 8.42 Å². The monoisotopic (exact) mass is 422 g/mol. The molecule has 0 bridgehead atoms. The van der Waals surface area contributed by atoms with E-state index in [1.165, 1.54) is 6.21 Å². The molecule has 0 aromatic heterocycles. The SMILES string of the molecule is NN=Cc1cccc(CN2CC[C@H](NS(=O)(=O)c3cccc4ccccc34)C2=O)c1. The van der Waals surface area contributed by atoms with Crippen LogP contribution in [0.4, 0.5) is 0 Å². The topological polar surface area (TPSA) is 105 Å². The van der Waals surface area contributed by atoms with Gasteiger partial charge < -0.3 is 10.7 Å². The molecule has 3 aromatic rings. The maximum Gasteiger partial charge on any atom is 0.241 e. The predicted molar refractivity (Wildman–Crippen MR) is 116 cm³/mol. The second-order valence-electron chi connectivity index (χ2n) is 7.22. The summed E-state index contributed by atoms with van der Waals surface area (Å²) in [5.74, 6) is 4.97. The summed E-state index contributed by atoms with van der Waals surface area (Å²) in [5.41, 5.74) is 1.77. The van der Waals surface area contributed by atoms with E-state index in [4.69, 9.17) is 5.84 Å². The lowest BCUT2D eigenvalue weighted by atomic mass is 10.1. The first-order valence-electron chi connectivity index (χ1n) is 9.59. The number of nitrogens with two attached hydrogens (primary N) is 1. The molecule has 1 amide bonds. The van der Waals surface area contributed by atoms with Crippen LogP contribution in [-0.2, 0) is 21.4 Å². The van der Waals surface area contributed by atoms with Gasteiger partial charge >= 0.3 is 0 Å². The highest BCUT2D eigenvalue weighted by Crippen LogP contribution is 2.24. The van der Waals surface area contributed by atoms with Crippen molar-refractivity contribution in [1.82, 2.24) is 9.62 Å². The van der Waals surface area contributed by atoms with Crippen LogP contribution in [0.1, 0.15) is 17.5 Å². The molecule has 0 radical (unpaired) electrons. The largest absolute Gasteiger partial charge is 0.337 e. The first-order chi connectivity index (χ1) is 14.5. The van der Waals surface area contributed by atoms with Gasteiger partial charge in [0.05, 0.1) is 11.1 Å². The van der Waals surface area contributed by atoms with Crippen molar-refractivity contribution in [3.8, 4) is 0 Å². The molecule has 154 valence electrons. The number of sulfonamides is 1. The number of carbonyl (C=O) groups excluding carboxylic acids is 1. The van der Waals surface area contributed by atoms with Crippen LogP contribution in [0.15, 0.2) is 76.7 Å². The number of hydrogen-bond donors (Lipinski definition) is 2. The Balaban J connectivity index is 1.51. The second kappa shape index (κ2) is 8.25. The van der Waals surface area contributed by atoms with Crippen molar-refractivity contribution in [3.05, 3.63) is 77.9 Å². The Morgan fingerprint density at radius 1 is 1.10 bits per heavy atom. The van der Waals surface area contributed by atoms with Crippen LogP contribution in [-0.4, -0.2) is 38.0 Å². The Hall–Kier alpha value is -3.23. The lowest BCUT2D eigenvalue weighted by molar-refractivity contribution is -0.129. The fourth-order valence-corrected chi connectivity index (χ4v) is 5.22. The molecule has 0 saturated carbocycles. The van der Waals surface area contributed by atoms with E-state index < -0.39 is 16.1 Å². The van der Waals surface area contributed by atoms with E-state index >= 15 is 0 Å². The fraction of sp³-hybridized carbons (Fsp3) is 0.182. The Kier molecular flexibility index (Phi) is 5.52. The van der Waals surface area contributed by atoms with Gasteiger partial charge in [0.1, 0.15) is 6.04 Å². The smallest absolute Gasteiger partial charge is 0.241 e. The third-order valence-electron chi connectivity index (χ3n) is 5.18. The third-order valence-corrected chi connectivity index (χ3v) is 6.71. The summed E-state index contributed by atoms with van der Waals surface area (Å²) in [6.45, 7) is 0.883. The zero-order valence-corrected chi connectivity index (χ0v) is 17.0. The molecule has 0 spiro atoms. The molecule has 3 N–H and O–H groups in total. The van der Waals surface area contributed by atoms with Gasteiger partial charge in [-0.1, -0.05) is 54.6 Å². The fourth-order valence-electron chi connectivity index (χ4n) is 3.76. The summed E-state index contributed by atoms with van der Waals surface area (Å²) in [6, 6.07) is 19.2. The number of benzene rings is 3. The molecule has 1 aliphatic heterocycles.